The van der Waals surface area contributed by atoms with Gasteiger partial charge in [0.2, 0.25) is 0 Å². The van der Waals surface area contributed by atoms with E-state index in [0.29, 0.717) is 17.9 Å². The van der Waals surface area contributed by atoms with Gasteiger partial charge in [-0.25, -0.2) is 4.39 Å². The smallest absolute Gasteiger partial charge is 0.145 e. The summed E-state index contributed by atoms with van der Waals surface area (Å²) >= 11 is 5.78. The van der Waals surface area contributed by atoms with Crippen LogP contribution in [0.15, 0.2) is 18.2 Å². The highest BCUT2D eigenvalue weighted by Gasteiger charge is 2.35. The fraction of sp³-hybridized carbons (Fsp3) is 0.571. The number of hydrogen-bond donors (Lipinski definition) is 1. The summed E-state index contributed by atoms with van der Waals surface area (Å²) < 4.78 is 13.8. The van der Waals surface area contributed by atoms with Crippen LogP contribution in [0, 0.1) is 11.7 Å². The molecule has 17 heavy (non-hydrogen) atoms. The molecule has 1 nitrogen and oxygen atoms in total. The summed E-state index contributed by atoms with van der Waals surface area (Å²) in [5.74, 6) is 0.390. The van der Waals surface area contributed by atoms with Crippen molar-refractivity contribution in [2.45, 2.75) is 44.6 Å². The van der Waals surface area contributed by atoms with Crippen LogP contribution in [0.25, 0.3) is 0 Å². The summed E-state index contributed by atoms with van der Waals surface area (Å²) in [7, 11) is 0. The molecule has 0 radical (unpaired) electrons. The molecule has 0 spiro atoms. The van der Waals surface area contributed by atoms with Gasteiger partial charge in [-0.1, -0.05) is 37.1 Å². The molecule has 0 bridgehead atoms. The van der Waals surface area contributed by atoms with E-state index < -0.39 is 0 Å². The van der Waals surface area contributed by atoms with Crippen LogP contribution < -0.4 is 5.73 Å². The average molecular weight is 256 g/mol. The summed E-state index contributed by atoms with van der Waals surface area (Å²) in [6.45, 7) is 2.19. The van der Waals surface area contributed by atoms with Gasteiger partial charge < -0.3 is 5.73 Å². The summed E-state index contributed by atoms with van der Waals surface area (Å²) in [5.41, 5.74) is 6.77. The zero-order chi connectivity index (χ0) is 12.5. The fourth-order valence-electron chi connectivity index (χ4n) is 2.84. The lowest BCUT2D eigenvalue weighted by molar-refractivity contribution is 0.400. The number of benzene rings is 1. The Labute approximate surface area is 107 Å². The van der Waals surface area contributed by atoms with E-state index in [0.717, 1.165) is 25.7 Å². The Bertz CT molecular complexity index is 407. The van der Waals surface area contributed by atoms with Crippen LogP contribution in [0.3, 0.4) is 0 Å². The highest BCUT2D eigenvalue weighted by molar-refractivity contribution is 6.30. The van der Waals surface area contributed by atoms with Gasteiger partial charge in [-0.15, -0.1) is 0 Å². The molecule has 94 valence electrons. The zero-order valence-corrected chi connectivity index (χ0v) is 10.9. The highest BCUT2D eigenvalue weighted by Crippen LogP contribution is 2.37. The molecule has 0 aromatic heterocycles. The molecule has 0 saturated heterocycles. The fourth-order valence-corrected chi connectivity index (χ4v) is 3.04. The maximum absolute atomic E-state index is 13.8. The summed E-state index contributed by atoms with van der Waals surface area (Å²) in [6.07, 6.45) is 4.90. The van der Waals surface area contributed by atoms with Gasteiger partial charge in [-0.2, -0.15) is 0 Å². The number of rotatable bonds is 3. The van der Waals surface area contributed by atoms with E-state index in [9.17, 15) is 4.39 Å². The van der Waals surface area contributed by atoms with Gasteiger partial charge in [0.05, 0.1) is 5.02 Å². The lowest BCUT2D eigenvalue weighted by atomic mass is 9.88. The van der Waals surface area contributed by atoms with Crippen molar-refractivity contribution in [2.75, 3.05) is 0 Å². The Kier molecular flexibility index (Phi) is 3.74. The Balaban J connectivity index is 2.13. The predicted molar refractivity (Wildman–Crippen MR) is 69.7 cm³/mol. The molecule has 2 N–H and O–H groups in total. The SMILES string of the molecule is CCC1CCC(N)(Cc2cccc(Cl)c2F)C1. The zero-order valence-electron chi connectivity index (χ0n) is 10.2. The minimum absolute atomic E-state index is 0.191. The Morgan fingerprint density at radius 1 is 1.53 bits per heavy atom. The molecule has 1 aliphatic rings. The van der Waals surface area contributed by atoms with Crippen molar-refractivity contribution in [3.05, 3.63) is 34.6 Å². The molecule has 1 aromatic rings. The normalized spacial score (nSPS) is 28.6. The monoisotopic (exact) mass is 255 g/mol. The molecule has 0 amide bonds. The van der Waals surface area contributed by atoms with Crippen molar-refractivity contribution in [3.63, 3.8) is 0 Å². The first-order valence-corrected chi connectivity index (χ1v) is 6.63. The van der Waals surface area contributed by atoms with Crippen molar-refractivity contribution in [3.8, 4) is 0 Å². The summed E-state index contributed by atoms with van der Waals surface area (Å²) in [5, 5.41) is 0.191. The molecular weight excluding hydrogens is 237 g/mol. The van der Waals surface area contributed by atoms with Crippen molar-refractivity contribution in [1.29, 1.82) is 0 Å². The van der Waals surface area contributed by atoms with Crippen LogP contribution in [0.1, 0.15) is 38.2 Å². The van der Waals surface area contributed by atoms with Crippen molar-refractivity contribution >= 4 is 11.6 Å². The Morgan fingerprint density at radius 3 is 2.94 bits per heavy atom. The number of halogens is 2. The van der Waals surface area contributed by atoms with Gasteiger partial charge in [-0.3, -0.25) is 0 Å². The lowest BCUT2D eigenvalue weighted by Gasteiger charge is -2.24. The van der Waals surface area contributed by atoms with Gasteiger partial charge >= 0.3 is 0 Å². The average Bonchev–Trinajstić information content (AvgIpc) is 2.67. The van der Waals surface area contributed by atoms with Crippen LogP contribution in [-0.4, -0.2) is 5.54 Å². The Morgan fingerprint density at radius 2 is 2.29 bits per heavy atom. The molecule has 2 rings (SSSR count). The van der Waals surface area contributed by atoms with E-state index in [1.165, 1.54) is 0 Å². The van der Waals surface area contributed by atoms with E-state index in [1.807, 2.05) is 0 Å². The number of nitrogens with two attached hydrogens (primary N) is 1. The third kappa shape index (κ3) is 2.80. The third-order valence-electron chi connectivity index (χ3n) is 3.90. The van der Waals surface area contributed by atoms with Crippen LogP contribution in [0.4, 0.5) is 4.39 Å². The second-order valence-corrected chi connectivity index (χ2v) is 5.68. The third-order valence-corrected chi connectivity index (χ3v) is 4.19. The first kappa shape index (κ1) is 12.8. The Hall–Kier alpha value is -0.600. The minimum atomic E-state index is -0.307. The molecule has 1 aromatic carbocycles. The largest absolute Gasteiger partial charge is 0.325 e. The first-order valence-electron chi connectivity index (χ1n) is 6.26. The van der Waals surface area contributed by atoms with Gasteiger partial charge in [0, 0.05) is 5.54 Å². The minimum Gasteiger partial charge on any atom is -0.325 e. The summed E-state index contributed by atoms with van der Waals surface area (Å²) in [6, 6.07) is 5.15. The molecule has 0 aliphatic heterocycles. The van der Waals surface area contributed by atoms with Gasteiger partial charge in [0.15, 0.2) is 0 Å². The van der Waals surface area contributed by atoms with Gasteiger partial charge in [0.1, 0.15) is 5.82 Å². The van der Waals surface area contributed by atoms with Crippen LogP contribution in [-0.2, 0) is 6.42 Å². The van der Waals surface area contributed by atoms with E-state index in [-0.39, 0.29) is 16.4 Å². The van der Waals surface area contributed by atoms with Crippen molar-refractivity contribution < 1.29 is 4.39 Å². The quantitative estimate of drug-likeness (QED) is 0.870. The molecule has 0 heterocycles. The first-order chi connectivity index (χ1) is 8.04. The topological polar surface area (TPSA) is 26.0 Å². The van der Waals surface area contributed by atoms with Crippen LogP contribution in [0.2, 0.25) is 5.02 Å². The van der Waals surface area contributed by atoms with E-state index in [4.69, 9.17) is 17.3 Å². The molecule has 2 unspecified atom stereocenters. The second-order valence-electron chi connectivity index (χ2n) is 5.27. The number of hydrogen-bond acceptors (Lipinski definition) is 1. The van der Waals surface area contributed by atoms with E-state index >= 15 is 0 Å². The molecule has 1 saturated carbocycles. The van der Waals surface area contributed by atoms with Crippen LogP contribution >= 0.6 is 11.6 Å². The van der Waals surface area contributed by atoms with Crippen LogP contribution in [0.5, 0.6) is 0 Å². The van der Waals surface area contributed by atoms with E-state index in [2.05, 4.69) is 6.92 Å². The van der Waals surface area contributed by atoms with Gasteiger partial charge in [-0.05, 0) is 43.2 Å². The highest BCUT2D eigenvalue weighted by atomic mass is 35.5. The second kappa shape index (κ2) is 4.95. The molecular formula is C14H19ClFN. The lowest BCUT2D eigenvalue weighted by Crippen LogP contribution is -2.39. The molecule has 3 heteroatoms. The molecule has 1 fully saturated rings. The van der Waals surface area contributed by atoms with Gasteiger partial charge in [0.25, 0.3) is 0 Å². The predicted octanol–water partition coefficient (Wildman–Crippen LogP) is 3.93. The standard InChI is InChI=1S/C14H19ClFN/c1-2-10-6-7-14(17,8-10)9-11-4-3-5-12(15)13(11)16/h3-5,10H,2,6-9,17H2,1H3. The van der Waals surface area contributed by atoms with E-state index in [1.54, 1.807) is 18.2 Å². The van der Waals surface area contributed by atoms with Crippen molar-refractivity contribution in [1.82, 2.24) is 0 Å². The molecule has 1 aliphatic carbocycles. The maximum atomic E-state index is 13.8. The maximum Gasteiger partial charge on any atom is 0.145 e. The van der Waals surface area contributed by atoms with Crippen molar-refractivity contribution in [2.24, 2.45) is 11.7 Å². The molecule has 2 atom stereocenters. The summed E-state index contributed by atoms with van der Waals surface area (Å²) in [4.78, 5) is 0.